The third-order valence-corrected chi connectivity index (χ3v) is 6.44. The van der Waals surface area contributed by atoms with E-state index in [-0.39, 0.29) is 0 Å². The molecular weight excluding hydrogens is 244 g/mol. The molecule has 1 saturated heterocycles. The molecule has 0 amide bonds. The molecule has 2 heteroatoms. The number of nitrogens with one attached hydrogen (secondary N) is 1. The fourth-order valence-corrected chi connectivity index (χ4v) is 4.62. The van der Waals surface area contributed by atoms with Crippen LogP contribution in [0.3, 0.4) is 0 Å². The highest BCUT2D eigenvalue weighted by molar-refractivity contribution is 4.91. The Morgan fingerprint density at radius 3 is 2.05 bits per heavy atom. The number of nitrogens with zero attached hydrogens (tertiary/aromatic N) is 1. The summed E-state index contributed by atoms with van der Waals surface area (Å²) in [5.41, 5.74) is 1.24. The number of rotatable bonds is 6. The Morgan fingerprint density at radius 1 is 0.950 bits per heavy atom. The van der Waals surface area contributed by atoms with E-state index in [1.807, 2.05) is 0 Å². The predicted octanol–water partition coefficient (Wildman–Crippen LogP) is 4.06. The smallest absolute Gasteiger partial charge is 0.00499 e. The maximum atomic E-state index is 3.43. The van der Waals surface area contributed by atoms with Crippen LogP contribution in [0.2, 0.25) is 0 Å². The topological polar surface area (TPSA) is 15.3 Å². The van der Waals surface area contributed by atoms with Gasteiger partial charge in [0.05, 0.1) is 0 Å². The van der Waals surface area contributed by atoms with Crippen molar-refractivity contribution >= 4 is 0 Å². The molecule has 1 spiro atoms. The molecule has 0 bridgehead atoms. The van der Waals surface area contributed by atoms with Gasteiger partial charge in [0.15, 0.2) is 0 Å². The minimum atomic E-state index is 0.492. The molecule has 0 aromatic carbocycles. The van der Waals surface area contributed by atoms with Crippen LogP contribution in [-0.2, 0) is 0 Å². The molecule has 0 atom stereocenters. The summed E-state index contributed by atoms with van der Waals surface area (Å²) in [7, 11) is 2.10. The Morgan fingerprint density at radius 2 is 1.55 bits per heavy atom. The Hall–Kier alpha value is -0.0800. The Bertz CT molecular complexity index is 267. The molecule has 1 aliphatic heterocycles. The zero-order valence-corrected chi connectivity index (χ0v) is 14.1. The normalized spacial score (nSPS) is 24.1. The van der Waals surface area contributed by atoms with Gasteiger partial charge in [-0.2, -0.15) is 0 Å². The van der Waals surface area contributed by atoms with Crippen molar-refractivity contribution in [3.8, 4) is 0 Å². The van der Waals surface area contributed by atoms with Gasteiger partial charge in [-0.3, -0.25) is 0 Å². The van der Waals surface area contributed by atoms with E-state index in [0.717, 1.165) is 5.41 Å². The van der Waals surface area contributed by atoms with Gasteiger partial charge in [-0.1, -0.05) is 33.1 Å². The molecule has 0 aromatic rings. The number of hydrogen-bond donors (Lipinski definition) is 1. The van der Waals surface area contributed by atoms with Crippen LogP contribution in [-0.4, -0.2) is 38.1 Å². The van der Waals surface area contributed by atoms with Crippen molar-refractivity contribution in [1.82, 2.24) is 10.2 Å². The number of piperidine rings is 1. The minimum absolute atomic E-state index is 0.492. The van der Waals surface area contributed by atoms with E-state index < -0.39 is 0 Å². The van der Waals surface area contributed by atoms with E-state index in [9.17, 15) is 0 Å². The van der Waals surface area contributed by atoms with Crippen LogP contribution in [0.25, 0.3) is 0 Å². The molecule has 118 valence electrons. The summed E-state index contributed by atoms with van der Waals surface area (Å²) >= 11 is 0. The molecule has 0 unspecified atom stereocenters. The molecule has 2 fully saturated rings. The first-order chi connectivity index (χ1) is 9.67. The van der Waals surface area contributed by atoms with Gasteiger partial charge in [-0.15, -0.1) is 0 Å². The van der Waals surface area contributed by atoms with Gasteiger partial charge in [-0.05, 0) is 69.5 Å². The van der Waals surface area contributed by atoms with E-state index in [4.69, 9.17) is 0 Å². The monoisotopic (exact) mass is 280 g/mol. The third kappa shape index (κ3) is 3.76. The fraction of sp³-hybridized carbons (Fsp3) is 1.00. The first-order valence-corrected chi connectivity index (χ1v) is 9.04. The lowest BCUT2D eigenvalue weighted by atomic mass is 9.68. The van der Waals surface area contributed by atoms with E-state index in [1.165, 1.54) is 84.0 Å². The van der Waals surface area contributed by atoms with Gasteiger partial charge < -0.3 is 10.2 Å². The van der Waals surface area contributed by atoms with Gasteiger partial charge in [0.1, 0.15) is 0 Å². The average molecular weight is 280 g/mol. The first kappa shape index (κ1) is 16.3. The summed E-state index contributed by atoms with van der Waals surface area (Å²) < 4.78 is 0. The van der Waals surface area contributed by atoms with Gasteiger partial charge in [0, 0.05) is 13.1 Å². The molecule has 0 aromatic heterocycles. The average Bonchev–Trinajstić information content (AvgIpc) is 2.50. The van der Waals surface area contributed by atoms with Crippen molar-refractivity contribution in [2.45, 2.75) is 71.6 Å². The molecular formula is C18H36N2. The van der Waals surface area contributed by atoms with Crippen molar-refractivity contribution in [2.24, 2.45) is 10.8 Å². The summed E-state index contributed by atoms with van der Waals surface area (Å²) in [5.74, 6) is 0. The van der Waals surface area contributed by atoms with Crippen molar-refractivity contribution < 1.29 is 0 Å². The van der Waals surface area contributed by atoms with Crippen LogP contribution >= 0.6 is 0 Å². The van der Waals surface area contributed by atoms with Crippen LogP contribution in [0.4, 0.5) is 0 Å². The Kier molecular flexibility index (Phi) is 5.92. The summed E-state index contributed by atoms with van der Waals surface area (Å²) in [4.78, 5) is 2.77. The molecule has 1 heterocycles. The third-order valence-electron chi connectivity index (χ3n) is 6.44. The van der Waals surface area contributed by atoms with E-state index in [0.29, 0.717) is 5.41 Å². The van der Waals surface area contributed by atoms with Crippen LogP contribution in [0, 0.1) is 10.8 Å². The Balaban J connectivity index is 1.86. The second-order valence-electron chi connectivity index (χ2n) is 7.57. The molecule has 2 rings (SSSR count). The van der Waals surface area contributed by atoms with Crippen molar-refractivity contribution in [3.63, 3.8) is 0 Å². The highest BCUT2D eigenvalue weighted by atomic mass is 15.1. The predicted molar refractivity (Wildman–Crippen MR) is 88.1 cm³/mol. The summed E-state index contributed by atoms with van der Waals surface area (Å²) in [6.07, 6.45) is 13.0. The van der Waals surface area contributed by atoms with E-state index in [2.05, 4.69) is 31.1 Å². The van der Waals surface area contributed by atoms with E-state index in [1.54, 1.807) is 0 Å². The quantitative estimate of drug-likeness (QED) is 0.789. The lowest BCUT2D eigenvalue weighted by Gasteiger charge is -2.47. The minimum Gasteiger partial charge on any atom is -0.319 e. The molecule has 2 aliphatic rings. The number of hydrogen-bond acceptors (Lipinski definition) is 2. The lowest BCUT2D eigenvalue weighted by molar-refractivity contribution is 0.0393. The van der Waals surface area contributed by atoms with Crippen molar-refractivity contribution in [1.29, 1.82) is 0 Å². The van der Waals surface area contributed by atoms with Crippen molar-refractivity contribution in [2.75, 3.05) is 33.2 Å². The molecule has 2 nitrogen and oxygen atoms in total. The highest BCUT2D eigenvalue weighted by Gasteiger charge is 2.37. The maximum Gasteiger partial charge on any atom is 0.00499 e. The largest absolute Gasteiger partial charge is 0.319 e. The SMILES string of the molecule is CCC(CC)(CNC)CN1CCC2(CCCCC2)CC1. The molecule has 1 saturated carbocycles. The molecule has 1 aliphatic carbocycles. The maximum absolute atomic E-state index is 3.43. The van der Waals surface area contributed by atoms with Crippen LogP contribution in [0.15, 0.2) is 0 Å². The summed E-state index contributed by atoms with van der Waals surface area (Å²) in [6.45, 7) is 9.91. The lowest BCUT2D eigenvalue weighted by Crippen LogP contribution is -2.48. The fourth-order valence-electron chi connectivity index (χ4n) is 4.62. The second-order valence-corrected chi connectivity index (χ2v) is 7.57. The first-order valence-electron chi connectivity index (χ1n) is 9.04. The standard InChI is InChI=1S/C18H36N2/c1-4-17(5-2,15-19-3)16-20-13-11-18(12-14-20)9-7-6-8-10-18/h19H,4-16H2,1-3H3. The summed E-state index contributed by atoms with van der Waals surface area (Å²) in [5, 5.41) is 3.43. The number of likely N-dealkylation sites (tertiary alicyclic amines) is 1. The molecule has 20 heavy (non-hydrogen) atoms. The Labute approximate surface area is 126 Å². The van der Waals surface area contributed by atoms with Gasteiger partial charge in [-0.25, -0.2) is 0 Å². The van der Waals surface area contributed by atoms with Crippen LogP contribution < -0.4 is 5.32 Å². The zero-order chi connectivity index (χ0) is 14.5. The summed E-state index contributed by atoms with van der Waals surface area (Å²) in [6, 6.07) is 0. The molecule has 0 radical (unpaired) electrons. The molecule has 1 N–H and O–H groups in total. The van der Waals surface area contributed by atoms with Gasteiger partial charge in [0.2, 0.25) is 0 Å². The zero-order valence-electron chi connectivity index (χ0n) is 14.1. The van der Waals surface area contributed by atoms with Gasteiger partial charge >= 0.3 is 0 Å². The van der Waals surface area contributed by atoms with Crippen LogP contribution in [0.1, 0.15) is 71.6 Å². The van der Waals surface area contributed by atoms with Crippen LogP contribution in [0.5, 0.6) is 0 Å². The second kappa shape index (κ2) is 7.26. The van der Waals surface area contributed by atoms with E-state index >= 15 is 0 Å². The van der Waals surface area contributed by atoms with Gasteiger partial charge in [0.25, 0.3) is 0 Å². The highest BCUT2D eigenvalue weighted by Crippen LogP contribution is 2.45. The van der Waals surface area contributed by atoms with Crippen molar-refractivity contribution in [3.05, 3.63) is 0 Å².